The number of hydrogen-bond donors (Lipinski definition) is 3. The zero-order valence-electron chi connectivity index (χ0n) is 9.75. The molecule has 1 fully saturated rings. The molecule has 4 nitrogen and oxygen atoms in total. The molecule has 90 valence electrons. The number of anilines is 1. The lowest BCUT2D eigenvalue weighted by molar-refractivity contribution is 0.463. The Labute approximate surface area is 99.4 Å². The Hall–Kier alpha value is -1.71. The maximum absolute atomic E-state index is 11.2. The summed E-state index contributed by atoms with van der Waals surface area (Å²) in [5.74, 6) is 0. The molecule has 1 aromatic heterocycles. The number of aromatic amines is 2. The number of imidazole rings is 1. The number of aromatic nitrogens is 2. The fourth-order valence-electron chi connectivity index (χ4n) is 2.60. The van der Waals surface area contributed by atoms with E-state index >= 15 is 0 Å². The van der Waals surface area contributed by atoms with Gasteiger partial charge in [-0.2, -0.15) is 0 Å². The molecule has 0 bridgehead atoms. The van der Waals surface area contributed by atoms with Crippen LogP contribution >= 0.6 is 0 Å². The molecule has 0 amide bonds. The number of hydrogen-bond acceptors (Lipinski definition) is 2. The van der Waals surface area contributed by atoms with Gasteiger partial charge in [0.25, 0.3) is 0 Å². The lowest BCUT2D eigenvalue weighted by Gasteiger charge is -2.23. The summed E-state index contributed by atoms with van der Waals surface area (Å²) in [6.07, 6.45) is 6.51. The molecule has 1 saturated carbocycles. The second kappa shape index (κ2) is 4.28. The average Bonchev–Trinajstić information content (AvgIpc) is 2.70. The normalized spacial score (nSPS) is 17.4. The molecule has 2 aromatic rings. The third kappa shape index (κ3) is 2.20. The van der Waals surface area contributed by atoms with Crippen molar-refractivity contribution in [1.29, 1.82) is 0 Å². The van der Waals surface area contributed by atoms with Crippen molar-refractivity contribution in [2.75, 3.05) is 5.32 Å². The van der Waals surface area contributed by atoms with E-state index in [1.165, 1.54) is 32.1 Å². The van der Waals surface area contributed by atoms with E-state index in [1.54, 1.807) is 0 Å². The number of benzene rings is 1. The second-order valence-electron chi connectivity index (χ2n) is 4.82. The molecule has 0 spiro atoms. The second-order valence-corrected chi connectivity index (χ2v) is 4.82. The van der Waals surface area contributed by atoms with Gasteiger partial charge in [-0.3, -0.25) is 0 Å². The first-order valence-corrected chi connectivity index (χ1v) is 6.30. The highest BCUT2D eigenvalue weighted by atomic mass is 16.1. The van der Waals surface area contributed by atoms with Gasteiger partial charge in [0.1, 0.15) is 0 Å². The van der Waals surface area contributed by atoms with Gasteiger partial charge in [0.2, 0.25) is 0 Å². The molecule has 1 aliphatic rings. The minimum absolute atomic E-state index is 0.144. The number of rotatable bonds is 2. The van der Waals surface area contributed by atoms with Crippen molar-refractivity contribution < 1.29 is 0 Å². The van der Waals surface area contributed by atoms with Crippen molar-refractivity contribution in [3.8, 4) is 0 Å². The molecule has 0 radical (unpaired) electrons. The van der Waals surface area contributed by atoms with Gasteiger partial charge in [0.15, 0.2) is 0 Å². The predicted octanol–water partition coefficient (Wildman–Crippen LogP) is 2.60. The zero-order chi connectivity index (χ0) is 11.7. The lowest BCUT2D eigenvalue weighted by atomic mass is 9.95. The van der Waals surface area contributed by atoms with Crippen LogP contribution in [0.25, 0.3) is 11.0 Å². The van der Waals surface area contributed by atoms with Crippen LogP contribution in [0.4, 0.5) is 5.69 Å². The summed E-state index contributed by atoms with van der Waals surface area (Å²) in [6.45, 7) is 0. The van der Waals surface area contributed by atoms with Crippen LogP contribution in [0.15, 0.2) is 23.0 Å². The lowest BCUT2D eigenvalue weighted by Crippen LogP contribution is -2.22. The topological polar surface area (TPSA) is 60.7 Å². The van der Waals surface area contributed by atoms with E-state index in [0.717, 1.165) is 16.7 Å². The van der Waals surface area contributed by atoms with Crippen LogP contribution in [0.1, 0.15) is 32.1 Å². The van der Waals surface area contributed by atoms with Gasteiger partial charge in [0.05, 0.1) is 11.0 Å². The van der Waals surface area contributed by atoms with E-state index in [-0.39, 0.29) is 5.69 Å². The van der Waals surface area contributed by atoms with Crippen molar-refractivity contribution in [3.63, 3.8) is 0 Å². The molecule has 0 atom stereocenters. The van der Waals surface area contributed by atoms with Gasteiger partial charge < -0.3 is 15.3 Å². The van der Waals surface area contributed by atoms with Gasteiger partial charge in [0, 0.05) is 11.7 Å². The third-order valence-corrected chi connectivity index (χ3v) is 3.49. The number of fused-ring (bicyclic) bond motifs is 1. The SMILES string of the molecule is O=c1[nH]c2ccc(NC3CCCCC3)cc2[nH]1. The summed E-state index contributed by atoms with van der Waals surface area (Å²) in [5.41, 5.74) is 2.69. The number of nitrogens with one attached hydrogen (secondary N) is 3. The molecule has 3 N–H and O–H groups in total. The Morgan fingerprint density at radius 3 is 2.65 bits per heavy atom. The van der Waals surface area contributed by atoms with Crippen LogP contribution in [0.3, 0.4) is 0 Å². The molecular formula is C13H17N3O. The van der Waals surface area contributed by atoms with E-state index in [9.17, 15) is 4.79 Å². The zero-order valence-corrected chi connectivity index (χ0v) is 9.75. The molecular weight excluding hydrogens is 214 g/mol. The fourth-order valence-corrected chi connectivity index (χ4v) is 2.60. The van der Waals surface area contributed by atoms with Gasteiger partial charge >= 0.3 is 5.69 Å². The summed E-state index contributed by atoms with van der Waals surface area (Å²) in [5, 5.41) is 3.55. The van der Waals surface area contributed by atoms with E-state index < -0.39 is 0 Å². The molecule has 4 heteroatoms. The Kier molecular flexibility index (Phi) is 2.63. The van der Waals surface area contributed by atoms with Crippen molar-refractivity contribution >= 4 is 16.7 Å². The monoisotopic (exact) mass is 231 g/mol. The van der Waals surface area contributed by atoms with Crippen LogP contribution in [-0.4, -0.2) is 16.0 Å². The summed E-state index contributed by atoms with van der Waals surface area (Å²) in [4.78, 5) is 16.7. The standard InChI is InChI=1S/C13H17N3O/c17-13-15-11-7-6-10(8-12(11)16-13)14-9-4-2-1-3-5-9/h6-9,14H,1-5H2,(H2,15,16,17). The maximum atomic E-state index is 11.2. The van der Waals surface area contributed by atoms with Gasteiger partial charge in [-0.05, 0) is 31.0 Å². The van der Waals surface area contributed by atoms with Crippen LogP contribution in [0.2, 0.25) is 0 Å². The van der Waals surface area contributed by atoms with E-state index in [4.69, 9.17) is 0 Å². The van der Waals surface area contributed by atoms with Gasteiger partial charge in [-0.1, -0.05) is 19.3 Å². The highest BCUT2D eigenvalue weighted by Crippen LogP contribution is 2.22. The predicted molar refractivity (Wildman–Crippen MR) is 69.4 cm³/mol. The molecule has 17 heavy (non-hydrogen) atoms. The molecule has 3 rings (SSSR count). The smallest absolute Gasteiger partial charge is 0.323 e. The molecule has 0 unspecified atom stereocenters. The van der Waals surface area contributed by atoms with Crippen LogP contribution < -0.4 is 11.0 Å². The van der Waals surface area contributed by atoms with Crippen molar-refractivity contribution in [1.82, 2.24) is 9.97 Å². The highest BCUT2D eigenvalue weighted by molar-refractivity contribution is 5.78. The Morgan fingerprint density at radius 2 is 1.82 bits per heavy atom. The summed E-state index contributed by atoms with van der Waals surface area (Å²) < 4.78 is 0. The largest absolute Gasteiger partial charge is 0.382 e. The quantitative estimate of drug-likeness (QED) is 0.744. The summed E-state index contributed by atoms with van der Waals surface area (Å²) in [7, 11) is 0. The molecule has 0 saturated heterocycles. The van der Waals surface area contributed by atoms with Gasteiger partial charge in [-0.25, -0.2) is 4.79 Å². The Morgan fingerprint density at radius 1 is 1.06 bits per heavy atom. The molecule has 1 aromatic carbocycles. The van der Waals surface area contributed by atoms with Crippen molar-refractivity contribution in [3.05, 3.63) is 28.7 Å². The van der Waals surface area contributed by atoms with E-state index in [0.29, 0.717) is 6.04 Å². The first-order valence-electron chi connectivity index (χ1n) is 6.30. The van der Waals surface area contributed by atoms with E-state index in [2.05, 4.69) is 15.3 Å². The Balaban J connectivity index is 1.82. The van der Waals surface area contributed by atoms with Crippen LogP contribution in [0.5, 0.6) is 0 Å². The minimum atomic E-state index is -0.144. The summed E-state index contributed by atoms with van der Waals surface area (Å²) in [6, 6.07) is 6.56. The van der Waals surface area contributed by atoms with Gasteiger partial charge in [-0.15, -0.1) is 0 Å². The van der Waals surface area contributed by atoms with E-state index in [1.807, 2.05) is 18.2 Å². The Bertz CT molecular complexity index is 563. The average molecular weight is 231 g/mol. The first-order chi connectivity index (χ1) is 8.31. The maximum Gasteiger partial charge on any atom is 0.323 e. The van der Waals surface area contributed by atoms with Crippen LogP contribution in [0, 0.1) is 0 Å². The molecule has 1 aliphatic carbocycles. The fraction of sp³-hybridized carbons (Fsp3) is 0.462. The number of H-pyrrole nitrogens is 2. The highest BCUT2D eigenvalue weighted by Gasteiger charge is 2.13. The minimum Gasteiger partial charge on any atom is -0.382 e. The van der Waals surface area contributed by atoms with Crippen molar-refractivity contribution in [2.45, 2.75) is 38.1 Å². The first kappa shape index (κ1) is 10.4. The third-order valence-electron chi connectivity index (χ3n) is 3.49. The summed E-state index contributed by atoms with van der Waals surface area (Å²) >= 11 is 0. The molecule has 1 heterocycles. The molecule has 0 aliphatic heterocycles. The van der Waals surface area contributed by atoms with Crippen molar-refractivity contribution in [2.24, 2.45) is 0 Å². The van der Waals surface area contributed by atoms with Crippen LogP contribution in [-0.2, 0) is 0 Å².